The van der Waals surface area contributed by atoms with Crippen molar-refractivity contribution >= 4 is 11.8 Å². The van der Waals surface area contributed by atoms with Crippen molar-refractivity contribution in [3.8, 4) is 5.75 Å². The number of nitrogens with one attached hydrogen (secondary N) is 1. The topological polar surface area (TPSA) is 30.5 Å². The second-order valence-corrected chi connectivity index (χ2v) is 6.34. The van der Waals surface area contributed by atoms with Gasteiger partial charge in [-0.05, 0) is 37.1 Å². The molecule has 20 heavy (non-hydrogen) atoms. The van der Waals surface area contributed by atoms with Crippen LogP contribution in [0.5, 0.6) is 5.75 Å². The van der Waals surface area contributed by atoms with Gasteiger partial charge in [-0.2, -0.15) is 11.8 Å². The van der Waals surface area contributed by atoms with Crippen LogP contribution in [0.2, 0.25) is 0 Å². The first-order valence-electron chi connectivity index (χ1n) is 7.39. The summed E-state index contributed by atoms with van der Waals surface area (Å²) < 4.78 is 10.9. The van der Waals surface area contributed by atoms with Gasteiger partial charge in [0.05, 0.1) is 7.11 Å². The van der Waals surface area contributed by atoms with Gasteiger partial charge in [0.25, 0.3) is 0 Å². The van der Waals surface area contributed by atoms with E-state index in [1.807, 2.05) is 11.8 Å². The number of hydrogen-bond acceptors (Lipinski definition) is 4. The number of benzene rings is 1. The molecule has 1 aliphatic heterocycles. The van der Waals surface area contributed by atoms with E-state index < -0.39 is 0 Å². The molecule has 0 saturated carbocycles. The molecule has 0 bridgehead atoms. The van der Waals surface area contributed by atoms with Crippen LogP contribution in [0.3, 0.4) is 0 Å². The first-order chi connectivity index (χ1) is 9.83. The minimum absolute atomic E-state index is 0.728. The number of thioether (sulfide) groups is 1. The smallest absolute Gasteiger partial charge is 0.122 e. The number of hydrogen-bond donors (Lipinski definition) is 1. The molecule has 2 rings (SSSR count). The van der Waals surface area contributed by atoms with Gasteiger partial charge in [0, 0.05) is 36.3 Å². The van der Waals surface area contributed by atoms with E-state index in [-0.39, 0.29) is 0 Å². The Labute approximate surface area is 126 Å². The number of ether oxygens (including phenoxy) is 2. The molecule has 1 heterocycles. The molecule has 1 fully saturated rings. The van der Waals surface area contributed by atoms with Crippen molar-refractivity contribution in [2.24, 2.45) is 0 Å². The van der Waals surface area contributed by atoms with Gasteiger partial charge >= 0.3 is 0 Å². The normalized spacial score (nSPS) is 16.3. The lowest BCUT2D eigenvalue weighted by Gasteiger charge is -2.22. The van der Waals surface area contributed by atoms with Crippen LogP contribution in [0.15, 0.2) is 18.2 Å². The average molecular weight is 295 g/mol. The summed E-state index contributed by atoms with van der Waals surface area (Å²) in [6.45, 7) is 5.88. The van der Waals surface area contributed by atoms with Crippen molar-refractivity contribution in [1.82, 2.24) is 5.32 Å². The van der Waals surface area contributed by atoms with E-state index in [0.717, 1.165) is 43.1 Å². The van der Waals surface area contributed by atoms with Crippen molar-refractivity contribution in [3.05, 3.63) is 29.3 Å². The van der Waals surface area contributed by atoms with Crippen molar-refractivity contribution in [3.63, 3.8) is 0 Å². The van der Waals surface area contributed by atoms with E-state index in [0.29, 0.717) is 0 Å². The molecule has 0 amide bonds. The summed E-state index contributed by atoms with van der Waals surface area (Å²) in [5.41, 5.74) is 2.63. The van der Waals surface area contributed by atoms with Crippen LogP contribution in [-0.2, 0) is 17.0 Å². The lowest BCUT2D eigenvalue weighted by atomic mass is 10.1. The summed E-state index contributed by atoms with van der Waals surface area (Å²) in [4.78, 5) is 0. The third-order valence-corrected chi connectivity index (χ3v) is 4.99. The Morgan fingerprint density at radius 1 is 1.35 bits per heavy atom. The van der Waals surface area contributed by atoms with E-state index in [2.05, 4.69) is 30.4 Å². The number of methoxy groups -OCH3 is 1. The Morgan fingerprint density at radius 2 is 2.15 bits per heavy atom. The molecule has 4 heteroatoms. The monoisotopic (exact) mass is 295 g/mol. The van der Waals surface area contributed by atoms with Gasteiger partial charge in [0.1, 0.15) is 5.75 Å². The van der Waals surface area contributed by atoms with E-state index in [9.17, 15) is 0 Å². The van der Waals surface area contributed by atoms with Crippen molar-refractivity contribution < 1.29 is 9.47 Å². The molecule has 0 spiro atoms. The van der Waals surface area contributed by atoms with Gasteiger partial charge in [-0.3, -0.25) is 0 Å². The first kappa shape index (κ1) is 15.7. The fourth-order valence-corrected chi connectivity index (χ4v) is 3.54. The van der Waals surface area contributed by atoms with Crippen LogP contribution in [0.25, 0.3) is 0 Å². The Morgan fingerprint density at radius 3 is 2.85 bits per heavy atom. The minimum atomic E-state index is 0.728. The zero-order valence-electron chi connectivity index (χ0n) is 12.5. The van der Waals surface area contributed by atoms with Crippen molar-refractivity contribution in [2.45, 2.75) is 37.3 Å². The Kier molecular flexibility index (Phi) is 6.70. The molecule has 1 aromatic carbocycles. The Bertz CT molecular complexity index is 405. The fourth-order valence-electron chi connectivity index (χ4n) is 2.37. The Hall–Kier alpha value is -0.710. The number of rotatable bonds is 7. The first-order valence-corrected chi connectivity index (χ1v) is 8.44. The van der Waals surface area contributed by atoms with Crippen LogP contribution in [0.1, 0.15) is 30.9 Å². The Balaban J connectivity index is 1.96. The zero-order chi connectivity index (χ0) is 14.2. The highest BCUT2D eigenvalue weighted by atomic mass is 32.2. The van der Waals surface area contributed by atoms with E-state index in [4.69, 9.17) is 9.47 Å². The van der Waals surface area contributed by atoms with Crippen molar-refractivity contribution in [1.29, 1.82) is 0 Å². The highest BCUT2D eigenvalue weighted by molar-refractivity contribution is 7.99. The fraction of sp³-hybridized carbons (Fsp3) is 0.625. The summed E-state index contributed by atoms with van der Waals surface area (Å²) >= 11 is 2.03. The average Bonchev–Trinajstić information content (AvgIpc) is 2.52. The maximum absolute atomic E-state index is 5.49. The second kappa shape index (κ2) is 8.55. The molecule has 1 N–H and O–H groups in total. The highest BCUT2D eigenvalue weighted by Crippen LogP contribution is 2.30. The summed E-state index contributed by atoms with van der Waals surface area (Å²) in [5.74, 6) is 2.03. The molecule has 1 aliphatic rings. The van der Waals surface area contributed by atoms with Crippen LogP contribution in [-0.4, -0.2) is 32.1 Å². The summed E-state index contributed by atoms with van der Waals surface area (Å²) in [5, 5.41) is 4.10. The predicted molar refractivity (Wildman–Crippen MR) is 85.5 cm³/mol. The maximum Gasteiger partial charge on any atom is 0.122 e. The molecule has 0 aromatic heterocycles. The molecule has 1 saturated heterocycles. The predicted octanol–water partition coefficient (Wildman–Crippen LogP) is 3.22. The summed E-state index contributed by atoms with van der Waals surface area (Å²) in [6, 6.07) is 6.50. The SMILES string of the molecule is CCNCc1ccc(OC)c(CSC2CCOCC2)c1. The standard InChI is InChI=1S/C16H25NO2S/c1-3-17-11-13-4-5-16(18-2)14(10-13)12-20-15-6-8-19-9-7-15/h4-5,10,15,17H,3,6-9,11-12H2,1-2H3. The second-order valence-electron chi connectivity index (χ2n) is 5.05. The lowest BCUT2D eigenvalue weighted by Crippen LogP contribution is -2.17. The van der Waals surface area contributed by atoms with Crippen LogP contribution in [0, 0.1) is 0 Å². The van der Waals surface area contributed by atoms with Crippen LogP contribution < -0.4 is 10.1 Å². The van der Waals surface area contributed by atoms with Gasteiger partial charge in [-0.1, -0.05) is 13.0 Å². The maximum atomic E-state index is 5.49. The third kappa shape index (κ3) is 4.69. The van der Waals surface area contributed by atoms with Gasteiger partial charge in [-0.15, -0.1) is 0 Å². The molecule has 1 aromatic rings. The van der Waals surface area contributed by atoms with Gasteiger partial charge in [0.15, 0.2) is 0 Å². The summed E-state index contributed by atoms with van der Waals surface area (Å²) in [6.07, 6.45) is 2.34. The molecule has 112 valence electrons. The zero-order valence-corrected chi connectivity index (χ0v) is 13.3. The third-order valence-electron chi connectivity index (χ3n) is 3.57. The van der Waals surface area contributed by atoms with Gasteiger partial charge < -0.3 is 14.8 Å². The summed E-state index contributed by atoms with van der Waals surface area (Å²) in [7, 11) is 1.75. The van der Waals surface area contributed by atoms with Crippen molar-refractivity contribution in [2.75, 3.05) is 26.9 Å². The molecule has 0 aliphatic carbocycles. The quantitative estimate of drug-likeness (QED) is 0.836. The highest BCUT2D eigenvalue weighted by Gasteiger charge is 2.15. The van der Waals surface area contributed by atoms with Crippen LogP contribution >= 0.6 is 11.8 Å². The molecule has 0 atom stereocenters. The largest absolute Gasteiger partial charge is 0.496 e. The lowest BCUT2D eigenvalue weighted by molar-refractivity contribution is 0.1000. The molecular weight excluding hydrogens is 270 g/mol. The van der Waals surface area contributed by atoms with Crippen LogP contribution in [0.4, 0.5) is 0 Å². The van der Waals surface area contributed by atoms with E-state index >= 15 is 0 Å². The molecule has 0 radical (unpaired) electrons. The molecular formula is C16H25NO2S. The minimum Gasteiger partial charge on any atom is -0.496 e. The van der Waals surface area contributed by atoms with Gasteiger partial charge in [0.2, 0.25) is 0 Å². The van der Waals surface area contributed by atoms with E-state index in [1.54, 1.807) is 7.11 Å². The van der Waals surface area contributed by atoms with E-state index in [1.165, 1.54) is 24.0 Å². The molecule has 3 nitrogen and oxygen atoms in total. The molecule has 0 unspecified atom stereocenters. The van der Waals surface area contributed by atoms with Gasteiger partial charge in [-0.25, -0.2) is 0 Å².